The van der Waals surface area contributed by atoms with Gasteiger partial charge in [0.1, 0.15) is 6.10 Å². The van der Waals surface area contributed by atoms with E-state index in [-0.39, 0.29) is 28.6 Å². The van der Waals surface area contributed by atoms with E-state index >= 15 is 0 Å². The maximum Gasteiger partial charge on any atom is 0.334 e. The molecule has 0 heterocycles. The van der Waals surface area contributed by atoms with Crippen molar-refractivity contribution in [3.63, 3.8) is 0 Å². The lowest BCUT2D eigenvalue weighted by molar-refractivity contribution is -0.201. The average Bonchev–Trinajstić information content (AvgIpc) is 3.21. The smallest absolute Gasteiger partial charge is 0.334 e. The fourth-order valence-corrected chi connectivity index (χ4v) is 6.91. The third-order valence-corrected chi connectivity index (χ3v) is 8.88. The fourth-order valence-electron chi connectivity index (χ4n) is 6.91. The van der Waals surface area contributed by atoms with Gasteiger partial charge in [0.2, 0.25) is 0 Å². The zero-order valence-electron chi connectivity index (χ0n) is 19.2. The summed E-state index contributed by atoms with van der Waals surface area (Å²) in [5.74, 6) is -1.13. The topological polar surface area (TPSA) is 104 Å². The highest BCUT2D eigenvalue weighted by Crippen LogP contribution is 2.71. The third-order valence-electron chi connectivity index (χ3n) is 8.88. The van der Waals surface area contributed by atoms with Gasteiger partial charge in [0.15, 0.2) is 17.5 Å². The standard InChI is InChI=1S/C25H34O6/c1-7-12(2)22(29)31-21-13(3)10-24-14(4)8-17-18(23(17,5)6)16(20(24)28)9-15(11-26)19(27)25(21,24)30/h7,9-10,14,16-19,21,26-27,30H,8,11H2,1-6H3/b12-7-/t14-,16?,17?,18?,19-,21+,24?,25+/m0/s1. The molecule has 4 unspecified atom stereocenters. The Balaban J connectivity index is 1.91. The Morgan fingerprint density at radius 3 is 2.58 bits per heavy atom. The number of rotatable bonds is 3. The van der Waals surface area contributed by atoms with E-state index in [2.05, 4.69) is 13.8 Å². The summed E-state index contributed by atoms with van der Waals surface area (Å²) in [7, 11) is 0. The van der Waals surface area contributed by atoms with Crippen LogP contribution in [-0.4, -0.2) is 51.5 Å². The largest absolute Gasteiger partial charge is 0.451 e. The second-order valence-electron chi connectivity index (χ2n) is 10.6. The predicted octanol–water partition coefficient (Wildman–Crippen LogP) is 2.33. The molecule has 0 radical (unpaired) electrons. The lowest BCUT2D eigenvalue weighted by atomic mass is 9.59. The van der Waals surface area contributed by atoms with Gasteiger partial charge in [-0.3, -0.25) is 4.79 Å². The van der Waals surface area contributed by atoms with Crippen LogP contribution in [0, 0.1) is 34.5 Å². The Kier molecular flexibility index (Phi) is 4.97. The highest BCUT2D eigenvalue weighted by Gasteiger charge is 2.76. The fraction of sp³-hybridized carbons (Fsp3) is 0.680. The number of hydrogen-bond donors (Lipinski definition) is 3. The summed E-state index contributed by atoms with van der Waals surface area (Å²) in [6, 6.07) is 0. The average molecular weight is 431 g/mol. The quantitative estimate of drug-likeness (QED) is 0.361. The number of aliphatic hydroxyl groups is 3. The molecule has 0 aromatic carbocycles. The minimum atomic E-state index is -2.08. The van der Waals surface area contributed by atoms with E-state index < -0.39 is 41.7 Å². The minimum absolute atomic E-state index is 0.0209. The molecule has 4 rings (SSSR count). The van der Waals surface area contributed by atoms with Crippen LogP contribution in [0.2, 0.25) is 0 Å². The van der Waals surface area contributed by atoms with Gasteiger partial charge in [-0.15, -0.1) is 0 Å². The molecule has 4 aliphatic carbocycles. The Bertz CT molecular complexity index is 926. The highest BCUT2D eigenvalue weighted by atomic mass is 16.6. The number of ether oxygens (including phenoxy) is 1. The van der Waals surface area contributed by atoms with Gasteiger partial charge < -0.3 is 20.1 Å². The molecule has 3 N–H and O–H groups in total. The van der Waals surface area contributed by atoms with E-state index in [0.29, 0.717) is 17.1 Å². The molecule has 0 aromatic heterocycles. The number of Topliss-reactive ketones (excluding diaryl/α,β-unsaturated/α-hetero) is 1. The van der Waals surface area contributed by atoms with Crippen molar-refractivity contribution >= 4 is 11.8 Å². The molecule has 4 aliphatic rings. The first-order chi connectivity index (χ1) is 14.4. The Hall–Kier alpha value is -1.76. The molecule has 8 atom stereocenters. The van der Waals surface area contributed by atoms with E-state index in [1.165, 1.54) is 0 Å². The molecule has 2 fully saturated rings. The van der Waals surface area contributed by atoms with Gasteiger partial charge in [0.05, 0.1) is 12.0 Å². The van der Waals surface area contributed by atoms with E-state index in [0.717, 1.165) is 6.42 Å². The summed E-state index contributed by atoms with van der Waals surface area (Å²) in [5.41, 5.74) is -2.36. The van der Waals surface area contributed by atoms with Crippen molar-refractivity contribution < 1.29 is 29.6 Å². The number of carbonyl (C=O) groups is 2. The molecular formula is C25H34O6. The van der Waals surface area contributed by atoms with Gasteiger partial charge in [-0.25, -0.2) is 4.79 Å². The van der Waals surface area contributed by atoms with E-state index in [1.54, 1.807) is 39.0 Å². The maximum atomic E-state index is 14.2. The Morgan fingerprint density at radius 2 is 2.00 bits per heavy atom. The zero-order valence-corrected chi connectivity index (χ0v) is 19.2. The van der Waals surface area contributed by atoms with Crippen molar-refractivity contribution in [2.24, 2.45) is 34.5 Å². The van der Waals surface area contributed by atoms with Crippen LogP contribution in [0.15, 0.2) is 34.9 Å². The Labute approximate surface area is 183 Å². The first-order valence-corrected chi connectivity index (χ1v) is 11.2. The molecule has 0 amide bonds. The summed E-state index contributed by atoms with van der Waals surface area (Å²) in [6.45, 7) is 10.8. The maximum absolute atomic E-state index is 14.2. The monoisotopic (exact) mass is 430 g/mol. The number of aliphatic hydroxyl groups excluding tert-OH is 2. The molecule has 0 aliphatic heterocycles. The van der Waals surface area contributed by atoms with Crippen LogP contribution in [0.3, 0.4) is 0 Å². The second-order valence-corrected chi connectivity index (χ2v) is 10.6. The van der Waals surface area contributed by atoms with Gasteiger partial charge in [-0.2, -0.15) is 0 Å². The molecule has 170 valence electrons. The van der Waals surface area contributed by atoms with Gasteiger partial charge in [0.25, 0.3) is 0 Å². The molecule has 2 saturated carbocycles. The summed E-state index contributed by atoms with van der Waals surface area (Å²) >= 11 is 0. The molecule has 0 aromatic rings. The number of fused-ring (bicyclic) bond motifs is 3. The second kappa shape index (κ2) is 6.87. The highest BCUT2D eigenvalue weighted by molar-refractivity contribution is 5.96. The SMILES string of the molecule is C/C=C(/C)C(=O)O[C@@H]1C(C)=CC23C(=O)C(C=C(CO)[C@H](O)[C@@]12O)C1C(C[C@@H]3C)C1(C)C. The molecule has 0 saturated heterocycles. The van der Waals surface area contributed by atoms with Crippen molar-refractivity contribution in [1.82, 2.24) is 0 Å². The predicted molar refractivity (Wildman–Crippen MR) is 115 cm³/mol. The first-order valence-electron chi connectivity index (χ1n) is 11.2. The van der Waals surface area contributed by atoms with Crippen molar-refractivity contribution in [2.75, 3.05) is 6.61 Å². The first kappa shape index (κ1) is 22.4. The lowest BCUT2D eigenvalue weighted by Crippen LogP contribution is -2.65. The molecule has 2 bridgehead atoms. The number of allylic oxidation sites excluding steroid dienone is 2. The van der Waals surface area contributed by atoms with Gasteiger partial charge in [0, 0.05) is 11.5 Å². The van der Waals surface area contributed by atoms with E-state index in [1.807, 2.05) is 6.92 Å². The van der Waals surface area contributed by atoms with Crippen LogP contribution in [0.25, 0.3) is 0 Å². The van der Waals surface area contributed by atoms with Gasteiger partial charge in [-0.05, 0) is 61.5 Å². The number of esters is 1. The summed E-state index contributed by atoms with van der Waals surface area (Å²) < 4.78 is 5.72. The van der Waals surface area contributed by atoms with Gasteiger partial charge in [-0.1, -0.05) is 39.0 Å². The molecule has 6 heteroatoms. The van der Waals surface area contributed by atoms with Crippen LogP contribution in [-0.2, 0) is 14.3 Å². The molecule has 6 nitrogen and oxygen atoms in total. The van der Waals surface area contributed by atoms with Crippen molar-refractivity contribution in [3.05, 3.63) is 34.9 Å². The van der Waals surface area contributed by atoms with Crippen LogP contribution in [0.5, 0.6) is 0 Å². The van der Waals surface area contributed by atoms with Crippen molar-refractivity contribution in [2.45, 2.75) is 65.8 Å². The Morgan fingerprint density at radius 1 is 1.35 bits per heavy atom. The lowest BCUT2D eigenvalue weighted by Gasteiger charge is -2.48. The van der Waals surface area contributed by atoms with Crippen LogP contribution < -0.4 is 0 Å². The molecular weight excluding hydrogens is 396 g/mol. The van der Waals surface area contributed by atoms with Crippen LogP contribution in [0.4, 0.5) is 0 Å². The summed E-state index contributed by atoms with van der Waals surface area (Å²) in [6.07, 6.45) is 3.04. The summed E-state index contributed by atoms with van der Waals surface area (Å²) in [4.78, 5) is 26.8. The zero-order chi connectivity index (χ0) is 23.1. The number of hydrogen-bond acceptors (Lipinski definition) is 6. The molecule has 1 spiro atoms. The molecule has 31 heavy (non-hydrogen) atoms. The third kappa shape index (κ3) is 2.61. The number of ketones is 1. The van der Waals surface area contributed by atoms with E-state index in [4.69, 9.17) is 4.74 Å². The minimum Gasteiger partial charge on any atom is -0.451 e. The number of carbonyl (C=O) groups excluding carboxylic acids is 2. The summed E-state index contributed by atoms with van der Waals surface area (Å²) in [5, 5.41) is 33.7. The van der Waals surface area contributed by atoms with Gasteiger partial charge >= 0.3 is 5.97 Å². The van der Waals surface area contributed by atoms with Crippen LogP contribution in [0.1, 0.15) is 48.0 Å². The van der Waals surface area contributed by atoms with E-state index in [9.17, 15) is 24.9 Å². The van der Waals surface area contributed by atoms with Crippen LogP contribution >= 0.6 is 0 Å². The van der Waals surface area contributed by atoms with Crippen molar-refractivity contribution in [1.29, 1.82) is 0 Å². The normalized spacial score (nSPS) is 45.6. The van der Waals surface area contributed by atoms with Crippen molar-refractivity contribution in [3.8, 4) is 0 Å².